The summed E-state index contributed by atoms with van der Waals surface area (Å²) >= 11 is 1.23. The molecule has 0 radical (unpaired) electrons. The molecule has 9 nitrogen and oxygen atoms in total. The van der Waals surface area contributed by atoms with Crippen LogP contribution in [0.5, 0.6) is 5.75 Å². The number of alkyl halides is 3. The van der Waals surface area contributed by atoms with E-state index in [-0.39, 0.29) is 11.7 Å². The zero-order valence-electron chi connectivity index (χ0n) is 18.3. The van der Waals surface area contributed by atoms with Crippen LogP contribution in [0.1, 0.15) is 12.5 Å². The first-order chi connectivity index (χ1) is 16.4. The van der Waals surface area contributed by atoms with E-state index in [1.165, 1.54) is 22.5 Å². The number of hydrogen-bond acceptors (Lipinski definition) is 8. The summed E-state index contributed by atoms with van der Waals surface area (Å²) in [4.78, 5) is 20.3. The Morgan fingerprint density at radius 3 is 2.56 bits per heavy atom. The fourth-order valence-corrected chi connectivity index (χ4v) is 4.26. The second kappa shape index (κ2) is 10.3. The molecule has 1 aliphatic heterocycles. The molecule has 1 fully saturated rings. The first kappa shape index (κ1) is 23.8. The van der Waals surface area contributed by atoms with Gasteiger partial charge >= 0.3 is 6.18 Å². The first-order valence-corrected chi connectivity index (χ1v) is 11.5. The van der Waals surface area contributed by atoms with E-state index < -0.39 is 11.7 Å². The van der Waals surface area contributed by atoms with Gasteiger partial charge in [0.05, 0.1) is 17.9 Å². The van der Waals surface area contributed by atoms with E-state index in [2.05, 4.69) is 20.5 Å². The van der Waals surface area contributed by atoms with Crippen LogP contribution >= 0.6 is 11.8 Å². The highest BCUT2D eigenvalue weighted by molar-refractivity contribution is 7.99. The number of thioether (sulfide) groups is 1. The standard InChI is InChI=1S/C21H22F3N7O2S/c1-2-33-17-6-4-3-5-16(17)31-20(26-27-28-31)34-14-19(32)30-11-9-29(10-12-30)18-8-7-15(13-25-18)21(22,23)24/h3-8,13H,2,9-12,14H2,1H3. The fourth-order valence-electron chi connectivity index (χ4n) is 3.47. The molecule has 0 atom stereocenters. The first-order valence-electron chi connectivity index (χ1n) is 10.6. The van der Waals surface area contributed by atoms with Crippen LogP contribution in [-0.2, 0) is 11.0 Å². The maximum Gasteiger partial charge on any atom is 0.417 e. The van der Waals surface area contributed by atoms with Gasteiger partial charge in [0.1, 0.15) is 17.3 Å². The Balaban J connectivity index is 1.33. The van der Waals surface area contributed by atoms with Crippen molar-refractivity contribution in [1.29, 1.82) is 0 Å². The van der Waals surface area contributed by atoms with Crippen LogP contribution in [0.25, 0.3) is 5.69 Å². The predicted octanol–water partition coefficient (Wildman–Crippen LogP) is 2.92. The van der Waals surface area contributed by atoms with Crippen molar-refractivity contribution in [3.05, 3.63) is 48.2 Å². The van der Waals surface area contributed by atoms with Gasteiger partial charge in [-0.1, -0.05) is 23.9 Å². The largest absolute Gasteiger partial charge is 0.492 e. The summed E-state index contributed by atoms with van der Waals surface area (Å²) in [5, 5.41) is 12.3. The van der Waals surface area contributed by atoms with Gasteiger partial charge in [0.25, 0.3) is 0 Å². The molecular weight excluding hydrogens is 471 g/mol. The molecule has 2 aromatic heterocycles. The van der Waals surface area contributed by atoms with Gasteiger partial charge in [-0.3, -0.25) is 4.79 Å². The third-order valence-corrected chi connectivity index (χ3v) is 6.09. The van der Waals surface area contributed by atoms with E-state index in [4.69, 9.17) is 4.74 Å². The average molecular weight is 494 g/mol. The van der Waals surface area contributed by atoms with Crippen molar-refractivity contribution < 1.29 is 22.7 Å². The number of nitrogens with zero attached hydrogens (tertiary/aromatic N) is 7. The van der Waals surface area contributed by atoms with E-state index in [0.717, 1.165) is 12.3 Å². The predicted molar refractivity (Wildman–Crippen MR) is 119 cm³/mol. The number of tetrazole rings is 1. The lowest BCUT2D eigenvalue weighted by atomic mass is 10.2. The van der Waals surface area contributed by atoms with Gasteiger partial charge < -0.3 is 14.5 Å². The van der Waals surface area contributed by atoms with Crippen molar-refractivity contribution in [3.8, 4) is 11.4 Å². The van der Waals surface area contributed by atoms with Crippen molar-refractivity contribution in [3.63, 3.8) is 0 Å². The summed E-state index contributed by atoms with van der Waals surface area (Å²) in [6, 6.07) is 9.74. The van der Waals surface area contributed by atoms with Crippen LogP contribution < -0.4 is 9.64 Å². The Kier molecular flexibility index (Phi) is 7.20. The highest BCUT2D eigenvalue weighted by Crippen LogP contribution is 2.30. The Hall–Kier alpha value is -3.35. The third-order valence-electron chi connectivity index (χ3n) is 5.19. The Labute approximate surface area is 197 Å². The number of benzene rings is 1. The maximum atomic E-state index is 12.8. The molecule has 0 saturated carbocycles. The van der Waals surface area contributed by atoms with Crippen molar-refractivity contribution in [1.82, 2.24) is 30.1 Å². The number of para-hydroxylation sites is 2. The van der Waals surface area contributed by atoms with E-state index in [1.54, 1.807) is 4.90 Å². The second-order valence-electron chi connectivity index (χ2n) is 7.33. The zero-order valence-corrected chi connectivity index (χ0v) is 19.1. The lowest BCUT2D eigenvalue weighted by molar-refractivity contribution is -0.137. The van der Waals surface area contributed by atoms with Gasteiger partial charge in [-0.2, -0.15) is 17.9 Å². The van der Waals surface area contributed by atoms with Crippen molar-refractivity contribution in [2.75, 3.05) is 43.4 Å². The second-order valence-corrected chi connectivity index (χ2v) is 8.28. The van der Waals surface area contributed by atoms with Crippen LogP contribution in [0.15, 0.2) is 47.8 Å². The number of rotatable bonds is 7. The summed E-state index contributed by atoms with van der Waals surface area (Å²) in [7, 11) is 0. The van der Waals surface area contributed by atoms with E-state index in [0.29, 0.717) is 55.2 Å². The molecule has 3 aromatic rings. The topological polar surface area (TPSA) is 89.3 Å². The van der Waals surface area contributed by atoms with Crippen molar-refractivity contribution >= 4 is 23.5 Å². The molecule has 34 heavy (non-hydrogen) atoms. The Bertz CT molecular complexity index is 1120. The summed E-state index contributed by atoms with van der Waals surface area (Å²) in [6.07, 6.45) is -3.59. The van der Waals surface area contributed by atoms with E-state index in [1.807, 2.05) is 36.1 Å². The molecule has 0 unspecified atom stereocenters. The molecular formula is C21H22F3N7O2S. The molecule has 0 bridgehead atoms. The minimum atomic E-state index is -4.42. The summed E-state index contributed by atoms with van der Waals surface area (Å²) in [6.45, 7) is 4.23. The van der Waals surface area contributed by atoms with Crippen LogP contribution in [-0.4, -0.2) is 74.5 Å². The minimum absolute atomic E-state index is 0.0716. The van der Waals surface area contributed by atoms with Gasteiger partial charge in [0.2, 0.25) is 11.1 Å². The van der Waals surface area contributed by atoms with Crippen LogP contribution in [0.3, 0.4) is 0 Å². The Morgan fingerprint density at radius 1 is 1.12 bits per heavy atom. The van der Waals surface area contributed by atoms with Gasteiger partial charge in [0.15, 0.2) is 0 Å². The number of pyridine rings is 1. The lowest BCUT2D eigenvalue weighted by Crippen LogP contribution is -2.49. The molecule has 1 amide bonds. The summed E-state index contributed by atoms with van der Waals surface area (Å²) in [5.41, 5.74) is -0.102. The van der Waals surface area contributed by atoms with Gasteiger partial charge in [-0.05, 0) is 41.6 Å². The van der Waals surface area contributed by atoms with Gasteiger partial charge in [0, 0.05) is 32.4 Å². The molecule has 3 heterocycles. The number of anilines is 1. The molecule has 4 rings (SSSR count). The number of aromatic nitrogens is 5. The summed E-state index contributed by atoms with van der Waals surface area (Å²) in [5.74, 6) is 1.17. The van der Waals surface area contributed by atoms with Crippen LogP contribution in [0.4, 0.5) is 19.0 Å². The van der Waals surface area contributed by atoms with E-state index in [9.17, 15) is 18.0 Å². The number of hydrogen-bond donors (Lipinski definition) is 0. The monoisotopic (exact) mass is 493 g/mol. The normalized spacial score (nSPS) is 14.4. The van der Waals surface area contributed by atoms with Crippen LogP contribution in [0.2, 0.25) is 0 Å². The number of piperazine rings is 1. The smallest absolute Gasteiger partial charge is 0.417 e. The number of halogens is 3. The molecule has 0 N–H and O–H groups in total. The SMILES string of the molecule is CCOc1ccccc1-n1nnnc1SCC(=O)N1CCN(c2ccc(C(F)(F)F)cn2)CC1. The minimum Gasteiger partial charge on any atom is -0.492 e. The molecule has 13 heteroatoms. The van der Waals surface area contributed by atoms with E-state index >= 15 is 0 Å². The van der Waals surface area contributed by atoms with Crippen LogP contribution in [0, 0.1) is 0 Å². The highest BCUT2D eigenvalue weighted by atomic mass is 32.2. The van der Waals surface area contributed by atoms with Gasteiger partial charge in [-0.25, -0.2) is 4.98 Å². The maximum absolute atomic E-state index is 12.8. The molecule has 0 spiro atoms. The Morgan fingerprint density at radius 2 is 1.88 bits per heavy atom. The van der Waals surface area contributed by atoms with Crippen molar-refractivity contribution in [2.24, 2.45) is 0 Å². The summed E-state index contributed by atoms with van der Waals surface area (Å²) < 4.78 is 45.4. The highest BCUT2D eigenvalue weighted by Gasteiger charge is 2.31. The molecule has 1 saturated heterocycles. The number of carbonyl (C=O) groups excluding carboxylic acids is 1. The molecule has 1 aliphatic rings. The number of carbonyl (C=O) groups is 1. The molecule has 180 valence electrons. The quantitative estimate of drug-likeness (QED) is 0.465. The van der Waals surface area contributed by atoms with Gasteiger partial charge in [-0.15, -0.1) is 5.10 Å². The fraction of sp³-hybridized carbons (Fsp3) is 0.381. The zero-order chi connectivity index (χ0) is 24.1. The lowest BCUT2D eigenvalue weighted by Gasteiger charge is -2.35. The van der Waals surface area contributed by atoms with Crippen molar-refractivity contribution in [2.45, 2.75) is 18.3 Å². The molecule has 1 aromatic carbocycles. The number of ether oxygens (including phenoxy) is 1. The third kappa shape index (κ3) is 5.41. The number of amides is 1. The average Bonchev–Trinajstić information content (AvgIpc) is 3.31. The molecule has 0 aliphatic carbocycles.